The van der Waals surface area contributed by atoms with Gasteiger partial charge in [-0.2, -0.15) is 0 Å². The second-order valence-electron chi connectivity index (χ2n) is 6.81. The molecule has 1 aromatic rings. The van der Waals surface area contributed by atoms with Crippen molar-refractivity contribution in [3.63, 3.8) is 0 Å². The normalized spacial score (nSPS) is 12.6. The molecule has 0 atom stereocenters. The van der Waals surface area contributed by atoms with E-state index in [4.69, 9.17) is 20.4 Å². The molecule has 0 nitrogen and oxygen atoms in total. The molecule has 0 aliphatic rings. The van der Waals surface area contributed by atoms with Gasteiger partial charge < -0.3 is 0 Å². The van der Waals surface area contributed by atoms with E-state index in [1.165, 1.54) is 11.7 Å². The number of benzene rings is 1. The first-order valence-electron chi connectivity index (χ1n) is 6.94. The Morgan fingerprint density at radius 1 is 0.952 bits per heavy atom. The maximum absolute atomic E-state index is 4.70. The van der Waals surface area contributed by atoms with Gasteiger partial charge in [-0.25, -0.2) is 0 Å². The van der Waals surface area contributed by atoms with Gasteiger partial charge in [0.25, 0.3) is 0 Å². The van der Waals surface area contributed by atoms with Crippen molar-refractivity contribution in [2.24, 2.45) is 0 Å². The van der Waals surface area contributed by atoms with Crippen LogP contribution in [0.5, 0.6) is 0 Å². The van der Waals surface area contributed by atoms with Gasteiger partial charge in [-0.1, -0.05) is 91.9 Å². The van der Waals surface area contributed by atoms with Gasteiger partial charge in [0.1, 0.15) is 0 Å². The fourth-order valence-corrected chi connectivity index (χ4v) is 5.84. The summed E-state index contributed by atoms with van der Waals surface area (Å²) in [7, 11) is 9.38. The van der Waals surface area contributed by atoms with E-state index in [1.807, 2.05) is 0 Å². The number of hydrogen-bond donors (Lipinski definition) is 0. The summed E-state index contributed by atoms with van der Waals surface area (Å²) in [6, 6.07) is 10.6. The Labute approximate surface area is 146 Å². The van der Waals surface area contributed by atoms with E-state index in [9.17, 15) is 0 Å². The van der Waals surface area contributed by atoms with Gasteiger partial charge in [-0.3, -0.25) is 0 Å². The van der Waals surface area contributed by atoms with Crippen LogP contribution in [0, 0.1) is 0 Å². The first-order valence-corrected chi connectivity index (χ1v) is 11.2. The SMILES string of the molecule is CC(C)(C)P(C/C=C/c1ccccc1)C(C)(C)C.[Cl][Ni][Cl]. The molecule has 1 rings (SSSR count). The quantitative estimate of drug-likeness (QED) is 0.379. The van der Waals surface area contributed by atoms with Gasteiger partial charge in [0, 0.05) is 0 Å². The number of halogens is 2. The van der Waals surface area contributed by atoms with E-state index in [2.05, 4.69) is 84.0 Å². The number of rotatable bonds is 3. The molecule has 0 fully saturated rings. The zero-order valence-corrected chi connectivity index (χ0v) is 17.2. The summed E-state index contributed by atoms with van der Waals surface area (Å²) in [6.07, 6.45) is 5.82. The van der Waals surface area contributed by atoms with Gasteiger partial charge in [-0.05, 0) is 22.0 Å². The first kappa shape index (κ1) is 21.5. The fourth-order valence-electron chi connectivity index (χ4n) is 2.41. The van der Waals surface area contributed by atoms with Gasteiger partial charge in [0.15, 0.2) is 0 Å². The number of allylic oxidation sites excluding steroid dienone is 1. The molecule has 0 spiro atoms. The molecule has 1 aromatic carbocycles. The minimum absolute atomic E-state index is 0.0258. The van der Waals surface area contributed by atoms with Crippen LogP contribution < -0.4 is 0 Å². The molecule has 0 saturated carbocycles. The molecule has 0 N–H and O–H groups in total. The molecule has 21 heavy (non-hydrogen) atoms. The van der Waals surface area contributed by atoms with Crippen molar-refractivity contribution in [3.05, 3.63) is 42.0 Å². The van der Waals surface area contributed by atoms with Crippen molar-refractivity contribution in [2.45, 2.75) is 51.9 Å². The zero-order chi connectivity index (χ0) is 16.5. The van der Waals surface area contributed by atoms with Gasteiger partial charge >= 0.3 is 33.0 Å². The monoisotopic (exact) mass is 390 g/mol. The van der Waals surface area contributed by atoms with E-state index in [0.29, 0.717) is 23.0 Å². The van der Waals surface area contributed by atoms with Crippen LogP contribution in [0.25, 0.3) is 6.08 Å². The Kier molecular flexibility index (Phi) is 10.5. The van der Waals surface area contributed by atoms with E-state index in [-0.39, 0.29) is 7.92 Å². The topological polar surface area (TPSA) is 0 Å². The summed E-state index contributed by atoms with van der Waals surface area (Å²) in [5, 5.41) is 0.823. The molecule has 4 heteroatoms. The van der Waals surface area contributed by atoms with Crippen LogP contribution in [0.1, 0.15) is 47.1 Å². The summed E-state index contributed by atoms with van der Waals surface area (Å²) in [6.45, 7) is 14.3. The molecule has 0 bridgehead atoms. The van der Waals surface area contributed by atoms with E-state index in [1.54, 1.807) is 0 Å². The molecule has 0 amide bonds. The Bertz CT molecular complexity index is 391. The number of hydrogen-bond acceptors (Lipinski definition) is 0. The average molecular weight is 392 g/mol. The van der Waals surface area contributed by atoms with Gasteiger partial charge in [0.05, 0.1) is 0 Å². The molecule has 0 aliphatic heterocycles. The third kappa shape index (κ3) is 9.96. The van der Waals surface area contributed by atoms with Crippen LogP contribution in [0.4, 0.5) is 0 Å². The van der Waals surface area contributed by atoms with Crippen LogP contribution in [-0.2, 0) is 12.7 Å². The third-order valence-electron chi connectivity index (χ3n) is 3.02. The molecule has 0 unspecified atom stereocenters. The summed E-state index contributed by atoms with van der Waals surface area (Å²) in [5.74, 6) is 0. The van der Waals surface area contributed by atoms with Crippen LogP contribution in [-0.4, -0.2) is 16.5 Å². The zero-order valence-electron chi connectivity index (χ0n) is 13.8. The molecule has 124 valence electrons. The molecule has 0 aromatic heterocycles. The Morgan fingerprint density at radius 2 is 1.38 bits per heavy atom. The summed E-state index contributed by atoms with van der Waals surface area (Å²) >= 11 is 0.569. The average Bonchev–Trinajstić information content (AvgIpc) is 2.34. The molecule has 0 saturated heterocycles. The van der Waals surface area contributed by atoms with Crippen molar-refractivity contribution in [1.82, 2.24) is 0 Å². The van der Waals surface area contributed by atoms with Crippen LogP contribution in [0.2, 0.25) is 0 Å². The van der Waals surface area contributed by atoms with E-state index >= 15 is 0 Å². The van der Waals surface area contributed by atoms with Crippen LogP contribution in [0.3, 0.4) is 0 Å². The molecular weight excluding hydrogens is 365 g/mol. The standard InChI is InChI=1S/C17H27P.2ClH.Ni/c1-16(2,3)18(17(4,5)6)14-10-13-15-11-8-7-9-12-15;;;/h7-13H,14H2,1-6H3;2*1H;/q;;;+2/p-2/b13-10+;;;. The summed E-state index contributed by atoms with van der Waals surface area (Å²) in [5.41, 5.74) is 1.30. The van der Waals surface area contributed by atoms with Crippen LogP contribution >= 0.6 is 28.3 Å². The molecule has 0 heterocycles. The Hall–Kier alpha value is 0.464. The summed E-state index contributed by atoms with van der Waals surface area (Å²) in [4.78, 5) is 0. The molecule has 0 aliphatic carbocycles. The maximum atomic E-state index is 4.70. The van der Waals surface area contributed by atoms with Crippen molar-refractivity contribution in [3.8, 4) is 0 Å². The summed E-state index contributed by atoms with van der Waals surface area (Å²) < 4.78 is 0. The van der Waals surface area contributed by atoms with Crippen molar-refractivity contribution < 1.29 is 12.7 Å². The van der Waals surface area contributed by atoms with Crippen LogP contribution in [0.15, 0.2) is 36.4 Å². The van der Waals surface area contributed by atoms with Gasteiger partial charge in [-0.15, -0.1) is 0 Å². The van der Waals surface area contributed by atoms with Gasteiger partial charge in [0.2, 0.25) is 0 Å². The second-order valence-corrected chi connectivity index (χ2v) is 12.3. The predicted molar refractivity (Wildman–Crippen MR) is 98.5 cm³/mol. The van der Waals surface area contributed by atoms with Crippen molar-refractivity contribution in [2.75, 3.05) is 6.16 Å². The van der Waals surface area contributed by atoms with E-state index in [0.717, 1.165) is 0 Å². The minimum atomic E-state index is -0.0258. The fraction of sp³-hybridized carbons (Fsp3) is 0.529. The second kappa shape index (κ2) is 10.3. The predicted octanol–water partition coefficient (Wildman–Crippen LogP) is 7.16. The Morgan fingerprint density at radius 3 is 1.76 bits per heavy atom. The van der Waals surface area contributed by atoms with Crippen molar-refractivity contribution in [1.29, 1.82) is 0 Å². The molecule has 0 radical (unpaired) electrons. The first-order chi connectivity index (χ1) is 9.62. The van der Waals surface area contributed by atoms with E-state index < -0.39 is 0 Å². The Balaban J connectivity index is 0.00000122. The molecular formula is C17H27Cl2NiP. The van der Waals surface area contributed by atoms with Crippen molar-refractivity contribution >= 4 is 34.4 Å². The third-order valence-corrected chi connectivity index (χ3v) is 6.83.